The number of H-pyrrole nitrogens is 1. The fraction of sp³-hybridized carbons (Fsp3) is 0.230. The lowest BCUT2D eigenvalue weighted by Crippen LogP contribution is -2.14. The van der Waals surface area contributed by atoms with E-state index in [1.807, 2.05) is 133 Å². The van der Waals surface area contributed by atoms with Gasteiger partial charge in [0.2, 0.25) is 5.82 Å². The van der Waals surface area contributed by atoms with E-state index in [-0.39, 0.29) is 11.1 Å². The molecule has 0 spiro atoms. The van der Waals surface area contributed by atoms with Crippen molar-refractivity contribution in [2.75, 3.05) is 0 Å². The zero-order chi connectivity index (χ0) is 52.0. The molecule has 7 aromatic carbocycles. The Morgan fingerprint density at radius 1 is 0.553 bits per heavy atom. The molecule has 0 unspecified atom stereocenters. The highest BCUT2D eigenvalue weighted by Crippen LogP contribution is 2.39. The van der Waals surface area contributed by atoms with Crippen LogP contribution in [0.5, 0.6) is 11.5 Å². The van der Waals surface area contributed by atoms with E-state index in [9.17, 15) is 19.8 Å². The third kappa shape index (κ3) is 10.9. The molecule has 0 aliphatic heterocycles. The molecule has 3 N–H and O–H groups in total. The Bertz CT molecular complexity index is 3620. The first-order valence-corrected chi connectivity index (χ1v) is 26.2. The minimum atomic E-state index is -0.953. The van der Waals surface area contributed by atoms with Gasteiger partial charge in [-0.3, -0.25) is 0 Å². The minimum Gasteiger partial charge on any atom is -0.489 e. The van der Waals surface area contributed by atoms with E-state index in [4.69, 9.17) is 31.0 Å². The lowest BCUT2D eigenvalue weighted by Gasteiger charge is -2.25. The molecule has 2 saturated carbocycles. The summed E-state index contributed by atoms with van der Waals surface area (Å²) < 4.78 is 16.8. The number of hydrogen-bond acceptors (Lipinski definition) is 9. The van der Waals surface area contributed by atoms with E-state index in [0.29, 0.717) is 41.7 Å². The third-order valence-corrected chi connectivity index (χ3v) is 14.7. The van der Waals surface area contributed by atoms with Crippen LogP contribution >= 0.6 is 11.6 Å². The minimum absolute atomic E-state index is 0.240. The molecule has 14 nitrogen and oxygen atoms in total. The number of aromatic nitrogens is 8. The van der Waals surface area contributed by atoms with Crippen LogP contribution < -0.4 is 9.47 Å². The predicted molar refractivity (Wildman–Crippen MR) is 294 cm³/mol. The number of halogens is 1. The van der Waals surface area contributed by atoms with Gasteiger partial charge in [-0.05, 0) is 156 Å². The van der Waals surface area contributed by atoms with Crippen LogP contribution in [0.25, 0.3) is 67.4 Å². The zero-order valence-electron chi connectivity index (χ0n) is 41.7. The Balaban J connectivity index is 0.000000171. The van der Waals surface area contributed by atoms with Gasteiger partial charge in [-0.2, -0.15) is 5.21 Å². The molecule has 0 amide bonds. The zero-order valence-corrected chi connectivity index (χ0v) is 42.4. The maximum absolute atomic E-state index is 11.6. The van der Waals surface area contributed by atoms with E-state index in [1.165, 1.54) is 38.5 Å². The van der Waals surface area contributed by atoms with Crippen LogP contribution in [0.2, 0.25) is 5.02 Å². The summed E-state index contributed by atoms with van der Waals surface area (Å²) in [6, 6.07) is 51.0. The highest BCUT2D eigenvalue weighted by molar-refractivity contribution is 6.30. The molecule has 10 aromatic rings. The Labute approximate surface area is 444 Å². The van der Waals surface area contributed by atoms with Crippen LogP contribution in [0.1, 0.15) is 108 Å². The summed E-state index contributed by atoms with van der Waals surface area (Å²) in [6.45, 7) is 0.876. The maximum Gasteiger partial charge on any atom is 0.335 e. The molecule has 2 aliphatic rings. The van der Waals surface area contributed by atoms with Gasteiger partial charge in [-0.1, -0.05) is 105 Å². The molecule has 0 bridgehead atoms. The van der Waals surface area contributed by atoms with Crippen molar-refractivity contribution in [3.05, 3.63) is 185 Å². The topological polar surface area (TPSA) is 183 Å². The molecule has 0 atom stereocenters. The number of tetrazole rings is 1. The Morgan fingerprint density at radius 3 is 1.55 bits per heavy atom. The fourth-order valence-corrected chi connectivity index (χ4v) is 10.7. The second-order valence-corrected chi connectivity index (χ2v) is 19.9. The molecule has 15 heteroatoms. The summed E-state index contributed by atoms with van der Waals surface area (Å²) in [5, 5.41) is 34.0. The number of nitrogens with zero attached hydrogens (tertiary/aromatic N) is 7. The average molecular weight is 1030 g/mol. The van der Waals surface area contributed by atoms with Crippen LogP contribution in [-0.4, -0.2) is 61.9 Å². The summed E-state index contributed by atoms with van der Waals surface area (Å²) in [6.07, 6.45) is 11.7. The molecule has 2 fully saturated rings. The van der Waals surface area contributed by atoms with E-state index in [1.54, 1.807) is 24.3 Å². The molecule has 382 valence electrons. The van der Waals surface area contributed by atoms with Gasteiger partial charge in [0.15, 0.2) is 0 Å². The van der Waals surface area contributed by atoms with E-state index >= 15 is 0 Å². The van der Waals surface area contributed by atoms with Crippen molar-refractivity contribution < 1.29 is 29.3 Å². The van der Waals surface area contributed by atoms with E-state index in [0.717, 1.165) is 104 Å². The number of ether oxygens (including phenoxy) is 2. The number of aromatic amines is 1. The Morgan fingerprint density at radius 2 is 1.05 bits per heavy atom. The van der Waals surface area contributed by atoms with Gasteiger partial charge in [-0.15, -0.1) is 10.2 Å². The van der Waals surface area contributed by atoms with Crippen LogP contribution in [-0.2, 0) is 13.2 Å². The number of hydrogen-bond donors (Lipinski definition) is 3. The number of carboxylic acids is 2. The molecular weight excluding hydrogens is 976 g/mol. The van der Waals surface area contributed by atoms with Gasteiger partial charge in [-0.25, -0.2) is 19.6 Å². The van der Waals surface area contributed by atoms with E-state index in [2.05, 4.69) is 29.8 Å². The first kappa shape index (κ1) is 49.6. The van der Waals surface area contributed by atoms with Crippen molar-refractivity contribution in [2.45, 2.75) is 89.5 Å². The van der Waals surface area contributed by atoms with Gasteiger partial charge in [0.1, 0.15) is 36.4 Å². The van der Waals surface area contributed by atoms with Crippen molar-refractivity contribution in [3.8, 4) is 56.8 Å². The number of imidazole rings is 2. The molecule has 76 heavy (non-hydrogen) atoms. The van der Waals surface area contributed by atoms with Crippen molar-refractivity contribution in [1.82, 2.24) is 39.7 Å². The molecule has 3 heterocycles. The van der Waals surface area contributed by atoms with Crippen LogP contribution in [0.15, 0.2) is 158 Å². The van der Waals surface area contributed by atoms with Gasteiger partial charge in [0.25, 0.3) is 0 Å². The quantitative estimate of drug-likeness (QED) is 0.0942. The summed E-state index contributed by atoms with van der Waals surface area (Å²) in [5.74, 6) is 1.91. The number of carbonyl (C=O) groups is 2. The molecule has 0 saturated heterocycles. The largest absolute Gasteiger partial charge is 0.489 e. The predicted octanol–water partition coefficient (Wildman–Crippen LogP) is 14.5. The Hall–Kier alpha value is -8.62. The summed E-state index contributed by atoms with van der Waals surface area (Å²) in [7, 11) is 0. The summed E-state index contributed by atoms with van der Waals surface area (Å²) >= 11 is 6.16. The molecule has 0 radical (unpaired) electrons. The fourth-order valence-electron chi connectivity index (χ4n) is 10.6. The van der Waals surface area contributed by atoms with Crippen LogP contribution in [0.3, 0.4) is 0 Å². The standard InChI is InChI=1S/C34H29ClN6O3.C27H26N2O3/c35-26-13-8-21(9-14-26)29-18-23(32-37-39-40-38-32)6-7-25(29)20-44-28-15-10-22(11-16-28)33-36-30-19-24(34(42)43)12-17-31(30)41(33)27-4-2-1-3-5-27;30-27(31)21-13-16-25-24(17-21)28-26(29(25)22-9-5-2-6-10-22)20-11-14-23(15-12-20)32-18-19-7-3-1-4-8-19/h6-19,27H,1-5,20H2,(H,42,43)(H,37,38,39,40);1,3-4,7-8,11-17,22H,2,5-6,9-10,18H2,(H,30,31). The lowest BCUT2D eigenvalue weighted by molar-refractivity contribution is 0.0686. The smallest absolute Gasteiger partial charge is 0.335 e. The molecular formula is C61H55ClN8O6. The second kappa shape index (κ2) is 22.5. The first-order valence-electron chi connectivity index (χ1n) is 25.9. The SMILES string of the molecule is O=C(O)c1ccc2c(c1)nc(-c1ccc(OCc3ccc(-c4nn[nH]n4)cc3-c3ccc(Cl)cc3)cc1)n2C1CCCCC1.O=C(O)c1ccc2c(c1)nc(-c1ccc(OCc3ccccc3)cc1)n2C1CCCCC1. The van der Waals surface area contributed by atoms with Gasteiger partial charge < -0.3 is 28.8 Å². The average Bonchev–Trinajstić information content (AvgIpc) is 4.25. The number of rotatable bonds is 14. The number of fused-ring (bicyclic) bond motifs is 2. The van der Waals surface area contributed by atoms with E-state index < -0.39 is 11.9 Å². The number of nitrogens with one attached hydrogen (secondary N) is 1. The third-order valence-electron chi connectivity index (χ3n) is 14.5. The molecule has 2 aliphatic carbocycles. The summed E-state index contributed by atoms with van der Waals surface area (Å²) in [5.41, 5.74) is 10.8. The van der Waals surface area contributed by atoms with Crippen LogP contribution in [0, 0.1) is 0 Å². The summed E-state index contributed by atoms with van der Waals surface area (Å²) in [4.78, 5) is 32.9. The Kier molecular flexibility index (Phi) is 14.7. The second-order valence-electron chi connectivity index (χ2n) is 19.4. The highest BCUT2D eigenvalue weighted by atomic mass is 35.5. The molecule has 12 rings (SSSR count). The maximum atomic E-state index is 11.6. The van der Waals surface area contributed by atoms with Crippen LogP contribution in [0.4, 0.5) is 0 Å². The van der Waals surface area contributed by atoms with Gasteiger partial charge >= 0.3 is 11.9 Å². The van der Waals surface area contributed by atoms with Crippen molar-refractivity contribution in [2.24, 2.45) is 0 Å². The van der Waals surface area contributed by atoms with Crippen molar-refractivity contribution in [1.29, 1.82) is 0 Å². The normalized spacial score (nSPS) is 14.1. The number of benzene rings is 7. The highest BCUT2D eigenvalue weighted by Gasteiger charge is 2.25. The first-order chi connectivity index (χ1) is 37.2. The molecule has 3 aromatic heterocycles. The number of aromatic carboxylic acids is 2. The monoisotopic (exact) mass is 1030 g/mol. The van der Waals surface area contributed by atoms with Gasteiger partial charge in [0, 0.05) is 33.8 Å². The lowest BCUT2D eigenvalue weighted by atomic mass is 9.95. The van der Waals surface area contributed by atoms with Crippen molar-refractivity contribution >= 4 is 45.6 Å². The number of carboxylic acid groups (broad SMARTS) is 2. The van der Waals surface area contributed by atoms with Crippen molar-refractivity contribution in [3.63, 3.8) is 0 Å². The van der Waals surface area contributed by atoms with Gasteiger partial charge in [0.05, 0.1) is 33.2 Å².